The van der Waals surface area contributed by atoms with Gasteiger partial charge in [-0.15, -0.1) is 0 Å². The van der Waals surface area contributed by atoms with E-state index in [4.69, 9.17) is 4.74 Å². The Kier molecular flexibility index (Phi) is 4.89. The molecule has 20 heavy (non-hydrogen) atoms. The topological polar surface area (TPSA) is 47.0 Å². The van der Waals surface area contributed by atoms with E-state index in [0.717, 1.165) is 6.42 Å². The molecule has 0 aliphatic heterocycles. The molecule has 1 heterocycles. The Labute approximate surface area is 125 Å². The number of halogens is 2. The van der Waals surface area contributed by atoms with Crippen molar-refractivity contribution in [2.45, 2.75) is 20.3 Å². The lowest BCUT2D eigenvalue weighted by Gasteiger charge is -2.09. The first kappa shape index (κ1) is 14.7. The lowest BCUT2D eigenvalue weighted by Crippen LogP contribution is -2.01. The van der Waals surface area contributed by atoms with Gasteiger partial charge in [-0.05, 0) is 35.0 Å². The van der Waals surface area contributed by atoms with Crippen LogP contribution < -0.4 is 10.1 Å². The van der Waals surface area contributed by atoms with Gasteiger partial charge >= 0.3 is 0 Å². The molecule has 0 spiro atoms. The van der Waals surface area contributed by atoms with E-state index in [2.05, 4.69) is 31.2 Å². The van der Waals surface area contributed by atoms with E-state index in [-0.39, 0.29) is 5.75 Å². The summed E-state index contributed by atoms with van der Waals surface area (Å²) in [6, 6.07) is 6.47. The van der Waals surface area contributed by atoms with Crippen molar-refractivity contribution >= 4 is 27.4 Å². The third-order valence-corrected chi connectivity index (χ3v) is 2.97. The number of hydrogen-bond acceptors (Lipinski definition) is 4. The van der Waals surface area contributed by atoms with Gasteiger partial charge in [-0.3, -0.25) is 0 Å². The quantitative estimate of drug-likeness (QED) is 0.833. The minimum Gasteiger partial charge on any atom is -0.491 e. The number of hydrogen-bond donors (Lipinski definition) is 1. The van der Waals surface area contributed by atoms with Crippen molar-refractivity contribution in [3.63, 3.8) is 0 Å². The Morgan fingerprint density at radius 2 is 2.05 bits per heavy atom. The van der Waals surface area contributed by atoms with Crippen molar-refractivity contribution in [2.24, 2.45) is 0 Å². The SMILES string of the molecule is CCOc1ccc(Nc2cc(Br)nc(CC)n2)cc1F. The van der Waals surface area contributed by atoms with Crippen LogP contribution in [0.2, 0.25) is 0 Å². The van der Waals surface area contributed by atoms with E-state index in [1.807, 2.05) is 13.8 Å². The van der Waals surface area contributed by atoms with Gasteiger partial charge in [0.1, 0.15) is 16.2 Å². The predicted molar refractivity (Wildman–Crippen MR) is 80.0 cm³/mol. The molecule has 0 radical (unpaired) electrons. The molecule has 0 aliphatic rings. The monoisotopic (exact) mass is 339 g/mol. The lowest BCUT2D eigenvalue weighted by atomic mass is 10.3. The van der Waals surface area contributed by atoms with Gasteiger partial charge in [0.05, 0.1) is 6.61 Å². The third-order valence-electron chi connectivity index (χ3n) is 2.56. The van der Waals surface area contributed by atoms with Crippen LogP contribution in [0, 0.1) is 5.82 Å². The number of anilines is 2. The molecule has 1 N–H and O–H groups in total. The second-order valence-corrected chi connectivity index (χ2v) is 4.86. The molecule has 1 aromatic heterocycles. The largest absolute Gasteiger partial charge is 0.491 e. The van der Waals surface area contributed by atoms with Crippen molar-refractivity contribution in [2.75, 3.05) is 11.9 Å². The van der Waals surface area contributed by atoms with E-state index in [9.17, 15) is 4.39 Å². The van der Waals surface area contributed by atoms with Crippen molar-refractivity contribution in [3.8, 4) is 5.75 Å². The minimum atomic E-state index is -0.402. The van der Waals surface area contributed by atoms with E-state index in [1.54, 1.807) is 18.2 Å². The van der Waals surface area contributed by atoms with Gasteiger partial charge < -0.3 is 10.1 Å². The van der Waals surface area contributed by atoms with E-state index < -0.39 is 5.82 Å². The molecular formula is C14H15BrFN3O. The second kappa shape index (κ2) is 6.65. The summed E-state index contributed by atoms with van der Waals surface area (Å²) in [4.78, 5) is 8.55. The van der Waals surface area contributed by atoms with E-state index >= 15 is 0 Å². The summed E-state index contributed by atoms with van der Waals surface area (Å²) in [7, 11) is 0. The Balaban J connectivity index is 2.21. The van der Waals surface area contributed by atoms with Crippen LogP contribution in [0.25, 0.3) is 0 Å². The van der Waals surface area contributed by atoms with E-state index in [1.165, 1.54) is 6.07 Å². The number of ether oxygens (including phenoxy) is 1. The van der Waals surface area contributed by atoms with Crippen LogP contribution in [0.5, 0.6) is 5.75 Å². The number of rotatable bonds is 5. The average Bonchev–Trinajstić information content (AvgIpc) is 2.41. The van der Waals surface area contributed by atoms with Crippen LogP contribution >= 0.6 is 15.9 Å². The average molecular weight is 340 g/mol. The second-order valence-electron chi connectivity index (χ2n) is 4.05. The summed E-state index contributed by atoms with van der Waals surface area (Å²) in [6.45, 7) is 4.22. The maximum atomic E-state index is 13.8. The number of benzene rings is 1. The molecule has 2 aromatic rings. The fraction of sp³-hybridized carbons (Fsp3) is 0.286. The van der Waals surface area contributed by atoms with Crippen LogP contribution in [0.4, 0.5) is 15.9 Å². The molecule has 2 rings (SSSR count). The summed E-state index contributed by atoms with van der Waals surface area (Å²) < 4.78 is 19.6. The summed E-state index contributed by atoms with van der Waals surface area (Å²) in [5, 5.41) is 3.05. The summed E-state index contributed by atoms with van der Waals surface area (Å²) in [5.74, 6) is 1.18. The smallest absolute Gasteiger partial charge is 0.167 e. The number of aryl methyl sites for hydroxylation is 1. The molecule has 0 saturated heterocycles. The molecule has 0 bridgehead atoms. The molecule has 0 saturated carbocycles. The van der Waals surface area contributed by atoms with Gasteiger partial charge in [0.25, 0.3) is 0 Å². The van der Waals surface area contributed by atoms with Crippen LogP contribution in [0.1, 0.15) is 19.7 Å². The Morgan fingerprint density at radius 3 is 2.70 bits per heavy atom. The van der Waals surface area contributed by atoms with Crippen LogP contribution in [0.15, 0.2) is 28.9 Å². The zero-order valence-corrected chi connectivity index (χ0v) is 12.9. The molecule has 1 aromatic carbocycles. The molecular weight excluding hydrogens is 325 g/mol. The zero-order chi connectivity index (χ0) is 14.5. The Bertz CT molecular complexity index is 607. The summed E-state index contributed by atoms with van der Waals surface area (Å²) >= 11 is 3.33. The molecule has 0 aliphatic carbocycles. The number of aromatic nitrogens is 2. The van der Waals surface area contributed by atoms with Gasteiger partial charge in [0.2, 0.25) is 0 Å². The molecule has 4 nitrogen and oxygen atoms in total. The minimum absolute atomic E-state index is 0.246. The molecule has 106 valence electrons. The van der Waals surface area contributed by atoms with Crippen LogP contribution in [-0.2, 0) is 6.42 Å². The van der Waals surface area contributed by atoms with Crippen LogP contribution in [0.3, 0.4) is 0 Å². The van der Waals surface area contributed by atoms with Gasteiger partial charge in [0.15, 0.2) is 11.6 Å². The molecule has 0 unspecified atom stereocenters. The van der Waals surface area contributed by atoms with Crippen molar-refractivity contribution < 1.29 is 9.13 Å². The maximum absolute atomic E-state index is 13.8. The zero-order valence-electron chi connectivity index (χ0n) is 11.3. The highest BCUT2D eigenvalue weighted by molar-refractivity contribution is 9.10. The Hall–Kier alpha value is -1.69. The molecule has 0 amide bonds. The predicted octanol–water partition coefficient (Wildman–Crippen LogP) is 4.08. The van der Waals surface area contributed by atoms with Crippen LogP contribution in [-0.4, -0.2) is 16.6 Å². The van der Waals surface area contributed by atoms with Crippen molar-refractivity contribution in [1.82, 2.24) is 9.97 Å². The lowest BCUT2D eigenvalue weighted by molar-refractivity contribution is 0.321. The highest BCUT2D eigenvalue weighted by atomic mass is 79.9. The highest BCUT2D eigenvalue weighted by Crippen LogP contribution is 2.24. The van der Waals surface area contributed by atoms with E-state index in [0.29, 0.717) is 28.5 Å². The fourth-order valence-corrected chi connectivity index (χ4v) is 2.11. The highest BCUT2D eigenvalue weighted by Gasteiger charge is 2.06. The fourth-order valence-electron chi connectivity index (χ4n) is 1.69. The van der Waals surface area contributed by atoms with Gasteiger partial charge in [-0.1, -0.05) is 6.92 Å². The first-order valence-electron chi connectivity index (χ1n) is 6.35. The number of nitrogens with one attached hydrogen (secondary N) is 1. The van der Waals surface area contributed by atoms with Gasteiger partial charge in [0, 0.05) is 24.2 Å². The molecule has 0 atom stereocenters. The Morgan fingerprint density at radius 1 is 1.25 bits per heavy atom. The molecule has 6 heteroatoms. The van der Waals surface area contributed by atoms with Gasteiger partial charge in [-0.25, -0.2) is 14.4 Å². The summed E-state index contributed by atoms with van der Waals surface area (Å²) in [6.07, 6.45) is 0.728. The number of nitrogens with zero attached hydrogens (tertiary/aromatic N) is 2. The van der Waals surface area contributed by atoms with Gasteiger partial charge in [-0.2, -0.15) is 0 Å². The maximum Gasteiger partial charge on any atom is 0.167 e. The third kappa shape index (κ3) is 3.66. The first-order chi connectivity index (χ1) is 9.62. The first-order valence-corrected chi connectivity index (χ1v) is 7.14. The van der Waals surface area contributed by atoms with Crippen molar-refractivity contribution in [3.05, 3.63) is 40.5 Å². The molecule has 0 fully saturated rings. The van der Waals surface area contributed by atoms with Crippen molar-refractivity contribution in [1.29, 1.82) is 0 Å². The normalized spacial score (nSPS) is 10.4. The summed E-state index contributed by atoms with van der Waals surface area (Å²) in [5.41, 5.74) is 0.610. The standard InChI is InChI=1S/C14H15BrFN3O/c1-3-13-18-12(15)8-14(19-13)17-9-5-6-11(20-4-2)10(16)7-9/h5-8H,3-4H2,1-2H3,(H,17,18,19).